The van der Waals surface area contributed by atoms with E-state index in [1.807, 2.05) is 24.3 Å². The van der Waals surface area contributed by atoms with Crippen molar-refractivity contribution in [2.45, 2.75) is 19.8 Å². The number of aryl methyl sites for hydroxylation is 1. The van der Waals surface area contributed by atoms with Crippen LogP contribution in [0.25, 0.3) is 11.4 Å². The van der Waals surface area contributed by atoms with Gasteiger partial charge in [0, 0.05) is 40.3 Å². The van der Waals surface area contributed by atoms with E-state index in [-0.39, 0.29) is 18.2 Å². The van der Waals surface area contributed by atoms with Crippen molar-refractivity contribution in [1.29, 1.82) is 0 Å². The van der Waals surface area contributed by atoms with Gasteiger partial charge in [0.15, 0.2) is 0 Å². The number of benzene rings is 2. The lowest BCUT2D eigenvalue weighted by molar-refractivity contribution is -0.116. The van der Waals surface area contributed by atoms with E-state index in [2.05, 4.69) is 43.4 Å². The molecular formula is C19H17IN4O3. The molecule has 0 bridgehead atoms. The predicted octanol–water partition coefficient (Wildman–Crippen LogP) is 3.87. The van der Waals surface area contributed by atoms with Crippen molar-refractivity contribution in [3.63, 3.8) is 0 Å². The Labute approximate surface area is 169 Å². The fraction of sp³-hybridized carbons (Fsp3) is 0.158. The first-order valence-electron chi connectivity index (χ1n) is 8.25. The van der Waals surface area contributed by atoms with E-state index in [0.29, 0.717) is 29.5 Å². The second-order valence-corrected chi connectivity index (χ2v) is 7.07. The molecule has 0 fully saturated rings. The second-order valence-electron chi connectivity index (χ2n) is 5.83. The van der Waals surface area contributed by atoms with Gasteiger partial charge in [-0.2, -0.15) is 4.98 Å². The van der Waals surface area contributed by atoms with Gasteiger partial charge in [-0.25, -0.2) is 0 Å². The molecule has 138 valence electrons. The third-order valence-corrected chi connectivity index (χ3v) is 4.32. The zero-order valence-corrected chi connectivity index (χ0v) is 16.7. The predicted molar refractivity (Wildman–Crippen MR) is 110 cm³/mol. The molecule has 0 saturated heterocycles. The van der Waals surface area contributed by atoms with E-state index in [1.165, 1.54) is 6.92 Å². The summed E-state index contributed by atoms with van der Waals surface area (Å²) in [5, 5.41) is 9.42. The van der Waals surface area contributed by atoms with Gasteiger partial charge in [-0.05, 0) is 52.9 Å². The van der Waals surface area contributed by atoms with Crippen LogP contribution in [-0.2, 0) is 16.0 Å². The Morgan fingerprint density at radius 2 is 1.78 bits per heavy atom. The summed E-state index contributed by atoms with van der Waals surface area (Å²) in [7, 11) is 0. The van der Waals surface area contributed by atoms with E-state index >= 15 is 0 Å². The molecule has 0 saturated carbocycles. The quantitative estimate of drug-likeness (QED) is 0.527. The summed E-state index contributed by atoms with van der Waals surface area (Å²) in [6.45, 7) is 1.43. The van der Waals surface area contributed by atoms with Crippen LogP contribution in [0.3, 0.4) is 0 Å². The Bertz CT molecular complexity index is 954. The molecule has 3 rings (SSSR count). The van der Waals surface area contributed by atoms with Crippen molar-refractivity contribution in [3.8, 4) is 11.4 Å². The number of carbonyl (C=O) groups is 2. The highest BCUT2D eigenvalue weighted by Gasteiger charge is 2.11. The van der Waals surface area contributed by atoms with Crippen LogP contribution in [0, 0.1) is 3.57 Å². The summed E-state index contributed by atoms with van der Waals surface area (Å²) in [4.78, 5) is 27.6. The van der Waals surface area contributed by atoms with Crippen LogP contribution < -0.4 is 10.6 Å². The van der Waals surface area contributed by atoms with Crippen molar-refractivity contribution in [2.24, 2.45) is 0 Å². The smallest absolute Gasteiger partial charge is 0.227 e. The first-order chi connectivity index (χ1) is 13.0. The highest BCUT2D eigenvalue weighted by Crippen LogP contribution is 2.18. The maximum Gasteiger partial charge on any atom is 0.227 e. The van der Waals surface area contributed by atoms with Crippen LogP contribution in [0.1, 0.15) is 19.2 Å². The van der Waals surface area contributed by atoms with E-state index < -0.39 is 0 Å². The van der Waals surface area contributed by atoms with Gasteiger partial charge in [0.1, 0.15) is 0 Å². The molecule has 0 aliphatic carbocycles. The summed E-state index contributed by atoms with van der Waals surface area (Å²) in [6, 6.07) is 14.7. The Balaban J connectivity index is 1.55. The minimum Gasteiger partial charge on any atom is -0.339 e. The van der Waals surface area contributed by atoms with Crippen molar-refractivity contribution in [1.82, 2.24) is 10.1 Å². The highest BCUT2D eigenvalue weighted by molar-refractivity contribution is 14.1. The van der Waals surface area contributed by atoms with Gasteiger partial charge in [0.25, 0.3) is 0 Å². The number of hydrogen-bond acceptors (Lipinski definition) is 5. The van der Waals surface area contributed by atoms with E-state index in [4.69, 9.17) is 4.52 Å². The molecule has 3 aromatic rings. The molecule has 0 aliphatic rings. The average Bonchev–Trinajstić information content (AvgIpc) is 3.09. The fourth-order valence-corrected chi connectivity index (χ4v) is 2.75. The molecular weight excluding hydrogens is 459 g/mol. The molecule has 2 N–H and O–H groups in total. The lowest BCUT2D eigenvalue weighted by atomic mass is 10.2. The summed E-state index contributed by atoms with van der Waals surface area (Å²) in [5.41, 5.74) is 2.10. The zero-order chi connectivity index (χ0) is 19.2. The molecule has 1 heterocycles. The van der Waals surface area contributed by atoms with Crippen molar-refractivity contribution in [2.75, 3.05) is 10.6 Å². The first-order valence-corrected chi connectivity index (χ1v) is 9.33. The second kappa shape index (κ2) is 8.76. The third kappa shape index (κ3) is 5.61. The molecule has 27 heavy (non-hydrogen) atoms. The number of carbonyl (C=O) groups excluding carboxylic acids is 2. The van der Waals surface area contributed by atoms with Gasteiger partial charge in [-0.1, -0.05) is 23.4 Å². The zero-order valence-electron chi connectivity index (χ0n) is 14.5. The maximum atomic E-state index is 12.1. The largest absolute Gasteiger partial charge is 0.339 e. The van der Waals surface area contributed by atoms with Crippen LogP contribution in [-0.4, -0.2) is 22.0 Å². The first kappa shape index (κ1) is 19.0. The van der Waals surface area contributed by atoms with Crippen LogP contribution >= 0.6 is 22.6 Å². The van der Waals surface area contributed by atoms with Gasteiger partial charge >= 0.3 is 0 Å². The van der Waals surface area contributed by atoms with Crippen LogP contribution in [0.2, 0.25) is 0 Å². The summed E-state index contributed by atoms with van der Waals surface area (Å²) < 4.78 is 6.35. The number of nitrogens with zero attached hydrogens (tertiary/aromatic N) is 2. The maximum absolute atomic E-state index is 12.1. The molecule has 1 aromatic heterocycles. The normalized spacial score (nSPS) is 10.4. The Morgan fingerprint density at radius 3 is 2.48 bits per heavy atom. The van der Waals surface area contributed by atoms with E-state index in [0.717, 1.165) is 9.13 Å². The Kier molecular flexibility index (Phi) is 6.17. The number of hydrogen-bond donors (Lipinski definition) is 2. The van der Waals surface area contributed by atoms with Crippen LogP contribution in [0.4, 0.5) is 11.4 Å². The van der Waals surface area contributed by atoms with Gasteiger partial charge in [0.05, 0.1) is 0 Å². The summed E-state index contributed by atoms with van der Waals surface area (Å²) in [5.74, 6) is 0.568. The van der Waals surface area contributed by atoms with Gasteiger partial charge < -0.3 is 15.2 Å². The van der Waals surface area contributed by atoms with Gasteiger partial charge in [-0.15, -0.1) is 0 Å². The number of halogens is 1. The number of aromatic nitrogens is 2. The molecule has 8 heteroatoms. The minimum absolute atomic E-state index is 0.168. The van der Waals surface area contributed by atoms with Crippen molar-refractivity contribution in [3.05, 3.63) is 58.0 Å². The molecule has 0 spiro atoms. The highest BCUT2D eigenvalue weighted by atomic mass is 127. The molecule has 0 atom stereocenters. The van der Waals surface area contributed by atoms with Crippen LogP contribution in [0.5, 0.6) is 0 Å². The molecule has 0 radical (unpaired) electrons. The van der Waals surface area contributed by atoms with E-state index in [1.54, 1.807) is 24.3 Å². The summed E-state index contributed by atoms with van der Waals surface area (Å²) in [6.07, 6.45) is 0.549. The van der Waals surface area contributed by atoms with Gasteiger partial charge in [-0.3, -0.25) is 9.59 Å². The number of amides is 2. The molecule has 2 aromatic carbocycles. The molecule has 7 nitrogen and oxygen atoms in total. The Hall–Kier alpha value is -2.75. The average molecular weight is 476 g/mol. The third-order valence-electron chi connectivity index (χ3n) is 3.60. The molecule has 0 unspecified atom stereocenters. The minimum atomic E-state index is -0.177. The molecule has 0 aliphatic heterocycles. The lowest BCUT2D eigenvalue weighted by Crippen LogP contribution is -2.13. The molecule has 2 amide bonds. The van der Waals surface area contributed by atoms with Crippen molar-refractivity contribution >= 4 is 45.8 Å². The van der Waals surface area contributed by atoms with E-state index in [9.17, 15) is 9.59 Å². The lowest BCUT2D eigenvalue weighted by Gasteiger charge is -2.07. The SMILES string of the molecule is CC(=O)Nc1cccc(NC(=O)CCc2nc(-c3ccc(I)cc3)no2)c1. The monoisotopic (exact) mass is 476 g/mol. The Morgan fingerprint density at radius 1 is 1.07 bits per heavy atom. The van der Waals surface area contributed by atoms with Crippen molar-refractivity contribution < 1.29 is 14.1 Å². The number of rotatable bonds is 6. The standard InChI is InChI=1S/C19H17IN4O3/c1-12(25)21-15-3-2-4-16(11-15)22-17(26)9-10-18-23-19(24-27-18)13-5-7-14(20)8-6-13/h2-8,11H,9-10H2,1H3,(H,21,25)(H,22,26). The fourth-order valence-electron chi connectivity index (χ4n) is 2.39. The number of nitrogens with one attached hydrogen (secondary N) is 2. The summed E-state index contributed by atoms with van der Waals surface area (Å²) >= 11 is 2.23. The van der Waals surface area contributed by atoms with Crippen LogP contribution in [0.15, 0.2) is 53.1 Å². The number of anilines is 2. The topological polar surface area (TPSA) is 97.1 Å². The van der Waals surface area contributed by atoms with Gasteiger partial charge in [0.2, 0.25) is 23.5 Å².